The zero-order chi connectivity index (χ0) is 14.5. The molecule has 0 saturated heterocycles. The van der Waals surface area contributed by atoms with Gasteiger partial charge >= 0.3 is 0 Å². The number of nitrogens with one attached hydrogen (secondary N) is 1. The maximum atomic E-state index is 13.2. The molecule has 0 saturated carbocycles. The Hall–Kier alpha value is -2.29. The molecule has 0 atom stereocenters. The van der Waals surface area contributed by atoms with Gasteiger partial charge in [0.1, 0.15) is 5.82 Å². The highest BCUT2D eigenvalue weighted by atomic mass is 35.5. The van der Waals surface area contributed by atoms with Crippen LogP contribution in [0.3, 0.4) is 0 Å². The van der Waals surface area contributed by atoms with Crippen LogP contribution >= 0.6 is 11.6 Å². The van der Waals surface area contributed by atoms with E-state index in [0.29, 0.717) is 11.3 Å². The summed E-state index contributed by atoms with van der Waals surface area (Å²) in [6, 6.07) is 5.30. The van der Waals surface area contributed by atoms with E-state index < -0.39 is 11.7 Å². The lowest BCUT2D eigenvalue weighted by molar-refractivity contribution is 0.102. The van der Waals surface area contributed by atoms with Crippen LogP contribution < -0.4 is 11.1 Å². The fourth-order valence-electron chi connectivity index (χ4n) is 1.52. The molecule has 102 valence electrons. The summed E-state index contributed by atoms with van der Waals surface area (Å²) in [5, 5.41) is 2.58. The third-order valence-corrected chi connectivity index (χ3v) is 2.71. The van der Waals surface area contributed by atoms with Crippen LogP contribution in [0.15, 0.2) is 34.9 Å². The summed E-state index contributed by atoms with van der Waals surface area (Å²) in [5.74, 6) is 4.38. The molecule has 1 aromatic carbocycles. The predicted octanol–water partition coefficient (Wildman–Crippen LogP) is 2.63. The van der Waals surface area contributed by atoms with E-state index in [0.717, 1.165) is 0 Å². The fraction of sp³-hybridized carbons (Fsp3) is 0.0714. The van der Waals surface area contributed by atoms with Crippen LogP contribution in [-0.4, -0.2) is 12.5 Å². The molecule has 0 aliphatic heterocycles. The normalized spacial score (nSPS) is 9.75. The van der Waals surface area contributed by atoms with Crippen molar-refractivity contribution in [3.63, 3.8) is 0 Å². The number of hydrogen-bond donors (Lipinski definition) is 2. The molecule has 0 fully saturated rings. The Bertz CT molecular complexity index is 701. The van der Waals surface area contributed by atoms with Gasteiger partial charge in [-0.2, -0.15) is 0 Å². The van der Waals surface area contributed by atoms with Gasteiger partial charge in [0.2, 0.25) is 5.22 Å². The number of anilines is 1. The highest BCUT2D eigenvalue weighted by Crippen LogP contribution is 2.21. The third-order valence-electron chi connectivity index (χ3n) is 2.42. The first kappa shape index (κ1) is 14.1. The number of carbonyl (C=O) groups excluding carboxylic acids is 1. The molecule has 0 bridgehead atoms. The lowest BCUT2D eigenvalue weighted by Crippen LogP contribution is -2.12. The minimum atomic E-state index is -0.467. The second kappa shape index (κ2) is 6.24. The van der Waals surface area contributed by atoms with Crippen LogP contribution in [0.5, 0.6) is 0 Å². The number of carbonyl (C=O) groups is 1. The average molecular weight is 293 g/mol. The van der Waals surface area contributed by atoms with Crippen molar-refractivity contribution in [2.24, 2.45) is 5.73 Å². The van der Waals surface area contributed by atoms with E-state index in [4.69, 9.17) is 21.8 Å². The van der Waals surface area contributed by atoms with Crippen LogP contribution in [0, 0.1) is 17.7 Å². The molecule has 0 aliphatic carbocycles. The maximum absolute atomic E-state index is 13.2. The van der Waals surface area contributed by atoms with Gasteiger partial charge in [0, 0.05) is 0 Å². The molecule has 1 amide bonds. The summed E-state index contributed by atoms with van der Waals surface area (Å²) in [4.78, 5) is 12.0. The van der Waals surface area contributed by atoms with E-state index in [1.54, 1.807) is 0 Å². The fourth-order valence-corrected chi connectivity index (χ4v) is 1.72. The minimum Gasteiger partial charge on any atom is -0.452 e. The largest absolute Gasteiger partial charge is 0.452 e. The van der Waals surface area contributed by atoms with Crippen molar-refractivity contribution in [3.8, 4) is 11.8 Å². The zero-order valence-corrected chi connectivity index (χ0v) is 11.0. The lowest BCUT2D eigenvalue weighted by atomic mass is 10.1. The molecule has 2 rings (SSSR count). The Morgan fingerprint density at radius 2 is 2.25 bits per heavy atom. The number of benzene rings is 1. The predicted molar refractivity (Wildman–Crippen MR) is 74.0 cm³/mol. The van der Waals surface area contributed by atoms with E-state index >= 15 is 0 Å². The quantitative estimate of drug-likeness (QED) is 0.836. The number of nitrogens with two attached hydrogens (primary N) is 1. The average Bonchev–Trinajstić information content (AvgIpc) is 2.85. The summed E-state index contributed by atoms with van der Waals surface area (Å²) in [6.07, 6.45) is 1.30. The second-order valence-corrected chi connectivity index (χ2v) is 4.10. The Kier molecular flexibility index (Phi) is 4.41. The Morgan fingerprint density at radius 3 is 2.90 bits per heavy atom. The van der Waals surface area contributed by atoms with E-state index in [-0.39, 0.29) is 17.3 Å². The summed E-state index contributed by atoms with van der Waals surface area (Å²) in [7, 11) is 0. The molecule has 4 nitrogen and oxygen atoms in total. The molecule has 0 aliphatic rings. The highest BCUT2D eigenvalue weighted by Gasteiger charge is 2.14. The highest BCUT2D eigenvalue weighted by molar-refractivity contribution is 6.32. The van der Waals surface area contributed by atoms with Crippen LogP contribution in [0.4, 0.5) is 10.1 Å². The molecule has 20 heavy (non-hydrogen) atoms. The maximum Gasteiger partial charge on any atom is 0.260 e. The van der Waals surface area contributed by atoms with Gasteiger partial charge in [-0.1, -0.05) is 11.8 Å². The minimum absolute atomic E-state index is 0.0146. The molecule has 1 heterocycles. The van der Waals surface area contributed by atoms with E-state index in [1.165, 1.54) is 30.5 Å². The molecule has 1 aromatic heterocycles. The molecule has 0 radical (unpaired) electrons. The topological polar surface area (TPSA) is 68.3 Å². The van der Waals surface area contributed by atoms with Gasteiger partial charge in [-0.3, -0.25) is 4.79 Å². The van der Waals surface area contributed by atoms with Crippen LogP contribution in [0.2, 0.25) is 5.22 Å². The molecule has 6 heteroatoms. The van der Waals surface area contributed by atoms with Crippen molar-refractivity contribution in [1.29, 1.82) is 0 Å². The van der Waals surface area contributed by atoms with Gasteiger partial charge in [-0.25, -0.2) is 4.39 Å². The third kappa shape index (κ3) is 3.18. The summed E-state index contributed by atoms with van der Waals surface area (Å²) in [5.41, 5.74) is 6.17. The Labute approximate surface area is 119 Å². The van der Waals surface area contributed by atoms with Crippen molar-refractivity contribution in [3.05, 3.63) is 52.7 Å². The first-order chi connectivity index (χ1) is 9.61. The second-order valence-electron chi connectivity index (χ2n) is 3.76. The number of rotatable bonds is 2. The van der Waals surface area contributed by atoms with Gasteiger partial charge in [-0.15, -0.1) is 0 Å². The molecule has 0 unspecified atom stereocenters. The molecular weight excluding hydrogens is 283 g/mol. The van der Waals surface area contributed by atoms with Gasteiger partial charge < -0.3 is 15.5 Å². The van der Waals surface area contributed by atoms with Gasteiger partial charge in [0.25, 0.3) is 5.91 Å². The standard InChI is InChI=1S/C14H10ClFN2O2/c15-13-11(5-7-20-13)14(19)18-12-4-3-10(16)8-9(12)2-1-6-17/h3-5,7-8H,6,17H2,(H,18,19). The van der Waals surface area contributed by atoms with Crippen LogP contribution in [-0.2, 0) is 0 Å². The van der Waals surface area contributed by atoms with E-state index in [1.807, 2.05) is 0 Å². The molecule has 2 aromatic rings. The van der Waals surface area contributed by atoms with E-state index in [9.17, 15) is 9.18 Å². The molecular formula is C14H10ClFN2O2. The molecule has 0 spiro atoms. The summed E-state index contributed by atoms with van der Waals surface area (Å²) >= 11 is 5.72. The first-order valence-electron chi connectivity index (χ1n) is 5.64. The number of hydrogen-bond acceptors (Lipinski definition) is 3. The zero-order valence-electron chi connectivity index (χ0n) is 10.2. The van der Waals surface area contributed by atoms with Crippen molar-refractivity contribution >= 4 is 23.2 Å². The van der Waals surface area contributed by atoms with Crippen molar-refractivity contribution in [1.82, 2.24) is 0 Å². The van der Waals surface area contributed by atoms with Gasteiger partial charge in [-0.05, 0) is 35.9 Å². The van der Waals surface area contributed by atoms with Crippen LogP contribution in [0.1, 0.15) is 15.9 Å². The first-order valence-corrected chi connectivity index (χ1v) is 6.02. The van der Waals surface area contributed by atoms with Crippen molar-refractivity contribution in [2.75, 3.05) is 11.9 Å². The van der Waals surface area contributed by atoms with Crippen LogP contribution in [0.25, 0.3) is 0 Å². The summed E-state index contributed by atoms with van der Waals surface area (Å²) < 4.78 is 18.0. The summed E-state index contributed by atoms with van der Waals surface area (Å²) in [6.45, 7) is 0.136. The Balaban J connectivity index is 2.29. The number of furan rings is 1. The number of halogens is 2. The van der Waals surface area contributed by atoms with E-state index in [2.05, 4.69) is 17.2 Å². The van der Waals surface area contributed by atoms with Crippen molar-refractivity contribution < 1.29 is 13.6 Å². The SMILES string of the molecule is NCC#Cc1cc(F)ccc1NC(=O)c1ccoc1Cl. The monoisotopic (exact) mass is 292 g/mol. The number of amides is 1. The lowest BCUT2D eigenvalue weighted by Gasteiger charge is -2.06. The smallest absolute Gasteiger partial charge is 0.260 e. The van der Waals surface area contributed by atoms with Crippen molar-refractivity contribution in [2.45, 2.75) is 0 Å². The molecule has 3 N–H and O–H groups in total. The Morgan fingerprint density at radius 1 is 1.45 bits per heavy atom. The van der Waals surface area contributed by atoms with Gasteiger partial charge in [0.05, 0.1) is 29.6 Å². The van der Waals surface area contributed by atoms with Gasteiger partial charge in [0.15, 0.2) is 0 Å².